The van der Waals surface area contributed by atoms with E-state index in [-0.39, 0.29) is 11.9 Å². The molecule has 2 fully saturated rings. The van der Waals surface area contributed by atoms with Crippen LogP contribution in [0.3, 0.4) is 0 Å². The number of guanidine groups is 1. The van der Waals surface area contributed by atoms with Gasteiger partial charge in [0.2, 0.25) is 0 Å². The molecule has 7 heteroatoms. The Morgan fingerprint density at radius 2 is 1.87 bits per heavy atom. The van der Waals surface area contributed by atoms with E-state index >= 15 is 0 Å². The van der Waals surface area contributed by atoms with Crippen molar-refractivity contribution in [3.05, 3.63) is 35.6 Å². The molecule has 1 aromatic carbocycles. The zero-order valence-corrected chi connectivity index (χ0v) is 19.4. The van der Waals surface area contributed by atoms with Crippen LogP contribution in [0.5, 0.6) is 0 Å². The molecule has 31 heavy (non-hydrogen) atoms. The van der Waals surface area contributed by atoms with Gasteiger partial charge in [0.05, 0.1) is 25.8 Å². The second-order valence-electron chi connectivity index (χ2n) is 8.91. The number of nitrogens with zero attached hydrogens (tertiary/aromatic N) is 3. The number of rotatable bonds is 8. The van der Waals surface area contributed by atoms with E-state index in [4.69, 9.17) is 9.73 Å². The molecule has 0 saturated carbocycles. The van der Waals surface area contributed by atoms with E-state index in [0.29, 0.717) is 18.5 Å². The Balaban J connectivity index is 1.64. The van der Waals surface area contributed by atoms with Crippen molar-refractivity contribution < 1.29 is 9.13 Å². The minimum atomic E-state index is -0.203. The molecule has 2 atom stereocenters. The quantitative estimate of drug-likeness (QED) is 0.488. The lowest BCUT2D eigenvalue weighted by Gasteiger charge is -2.36. The summed E-state index contributed by atoms with van der Waals surface area (Å²) in [6.07, 6.45) is 2.53. The normalized spacial score (nSPS) is 22.5. The monoisotopic (exact) mass is 433 g/mol. The predicted molar refractivity (Wildman–Crippen MR) is 125 cm³/mol. The molecule has 2 unspecified atom stereocenters. The van der Waals surface area contributed by atoms with E-state index in [1.54, 1.807) is 12.1 Å². The number of morpholine rings is 1. The lowest BCUT2D eigenvalue weighted by Crippen LogP contribution is -2.46. The van der Waals surface area contributed by atoms with Crippen LogP contribution in [0.15, 0.2) is 29.3 Å². The molecule has 2 aliphatic rings. The maximum Gasteiger partial charge on any atom is 0.191 e. The summed E-state index contributed by atoms with van der Waals surface area (Å²) in [5.74, 6) is 1.31. The summed E-state index contributed by atoms with van der Waals surface area (Å²) in [5, 5.41) is 6.97. The highest BCUT2D eigenvalue weighted by Crippen LogP contribution is 2.23. The SMILES string of the molecule is CCNC(=NCC(c1ccc(F)cc1)N1CCOCC1)NCC1CCCN(C(C)C)C1. The molecule has 2 N–H and O–H groups in total. The second kappa shape index (κ2) is 12.4. The highest BCUT2D eigenvalue weighted by atomic mass is 19.1. The summed E-state index contributed by atoms with van der Waals surface area (Å²) in [4.78, 5) is 9.90. The number of aliphatic imine (C=N–C) groups is 1. The molecule has 0 aromatic heterocycles. The van der Waals surface area contributed by atoms with E-state index in [0.717, 1.165) is 57.5 Å². The first-order valence-electron chi connectivity index (χ1n) is 11.9. The van der Waals surface area contributed by atoms with Gasteiger partial charge in [0.15, 0.2) is 5.96 Å². The summed E-state index contributed by atoms with van der Waals surface area (Å²) in [6.45, 7) is 14.6. The van der Waals surface area contributed by atoms with Gasteiger partial charge in [-0.15, -0.1) is 0 Å². The number of hydrogen-bond donors (Lipinski definition) is 2. The second-order valence-corrected chi connectivity index (χ2v) is 8.91. The van der Waals surface area contributed by atoms with E-state index in [9.17, 15) is 4.39 Å². The van der Waals surface area contributed by atoms with Crippen molar-refractivity contribution in [3.63, 3.8) is 0 Å². The maximum absolute atomic E-state index is 13.5. The summed E-state index contributed by atoms with van der Waals surface area (Å²) < 4.78 is 19.0. The van der Waals surface area contributed by atoms with Gasteiger partial charge in [-0.3, -0.25) is 9.89 Å². The summed E-state index contributed by atoms with van der Waals surface area (Å²) in [6, 6.07) is 7.57. The van der Waals surface area contributed by atoms with E-state index in [1.165, 1.54) is 19.4 Å². The van der Waals surface area contributed by atoms with E-state index in [1.807, 2.05) is 12.1 Å². The molecule has 2 heterocycles. The molecule has 0 amide bonds. The van der Waals surface area contributed by atoms with Gasteiger partial charge in [0.25, 0.3) is 0 Å². The standard InChI is InChI=1S/C24H40FN5O/c1-4-26-24(27-16-20-6-5-11-30(18-20)19(2)3)28-17-23(29-12-14-31-15-13-29)21-7-9-22(25)10-8-21/h7-10,19-20,23H,4-6,11-18H2,1-3H3,(H2,26,27,28). The topological polar surface area (TPSA) is 52.1 Å². The van der Waals surface area contributed by atoms with Gasteiger partial charge in [-0.05, 0) is 63.8 Å². The van der Waals surface area contributed by atoms with Gasteiger partial charge >= 0.3 is 0 Å². The van der Waals surface area contributed by atoms with Crippen LogP contribution in [0.1, 0.15) is 45.2 Å². The van der Waals surface area contributed by atoms with Crippen molar-refractivity contribution in [1.82, 2.24) is 20.4 Å². The number of piperidine rings is 1. The Labute approximate surface area is 187 Å². The molecule has 0 spiro atoms. The fourth-order valence-corrected chi connectivity index (χ4v) is 4.50. The molecule has 2 saturated heterocycles. The fraction of sp³-hybridized carbons (Fsp3) is 0.708. The molecule has 0 aliphatic carbocycles. The number of benzene rings is 1. The Kier molecular flexibility index (Phi) is 9.55. The van der Waals surface area contributed by atoms with Crippen LogP contribution in [-0.2, 0) is 4.74 Å². The largest absolute Gasteiger partial charge is 0.379 e. The minimum absolute atomic E-state index is 0.117. The summed E-state index contributed by atoms with van der Waals surface area (Å²) in [7, 11) is 0. The average molecular weight is 434 g/mol. The molecule has 0 bridgehead atoms. The van der Waals surface area contributed by atoms with Crippen molar-refractivity contribution in [1.29, 1.82) is 0 Å². The molecule has 6 nitrogen and oxygen atoms in total. The molecular formula is C24H40FN5O. The average Bonchev–Trinajstić information content (AvgIpc) is 2.79. The Morgan fingerprint density at radius 1 is 1.13 bits per heavy atom. The predicted octanol–water partition coefficient (Wildman–Crippen LogP) is 2.87. The van der Waals surface area contributed by atoms with Crippen LogP contribution >= 0.6 is 0 Å². The zero-order chi connectivity index (χ0) is 22.1. The smallest absolute Gasteiger partial charge is 0.191 e. The first kappa shape index (κ1) is 24.0. The maximum atomic E-state index is 13.5. The van der Waals surface area contributed by atoms with Crippen LogP contribution in [0.25, 0.3) is 0 Å². The van der Waals surface area contributed by atoms with Crippen LogP contribution in [0.2, 0.25) is 0 Å². The van der Waals surface area contributed by atoms with Crippen molar-refractivity contribution in [2.24, 2.45) is 10.9 Å². The Morgan fingerprint density at radius 3 is 2.55 bits per heavy atom. The number of nitrogens with one attached hydrogen (secondary N) is 2. The van der Waals surface area contributed by atoms with Gasteiger partial charge in [0.1, 0.15) is 5.82 Å². The van der Waals surface area contributed by atoms with Crippen molar-refractivity contribution in [2.45, 2.75) is 45.7 Å². The van der Waals surface area contributed by atoms with Crippen molar-refractivity contribution >= 4 is 5.96 Å². The summed E-state index contributed by atoms with van der Waals surface area (Å²) in [5.41, 5.74) is 1.10. The lowest BCUT2D eigenvalue weighted by atomic mass is 9.97. The van der Waals surface area contributed by atoms with Crippen molar-refractivity contribution in [2.75, 3.05) is 59.0 Å². The number of ether oxygens (including phenoxy) is 1. The van der Waals surface area contributed by atoms with Crippen LogP contribution < -0.4 is 10.6 Å². The highest BCUT2D eigenvalue weighted by Gasteiger charge is 2.24. The fourth-order valence-electron chi connectivity index (χ4n) is 4.50. The van der Waals surface area contributed by atoms with Crippen LogP contribution in [0, 0.1) is 11.7 Å². The lowest BCUT2D eigenvalue weighted by molar-refractivity contribution is 0.0179. The molecular weight excluding hydrogens is 393 g/mol. The van der Waals surface area contributed by atoms with Gasteiger partial charge in [-0.2, -0.15) is 0 Å². The number of halogens is 1. The molecule has 2 aliphatic heterocycles. The first-order chi connectivity index (χ1) is 15.1. The first-order valence-corrected chi connectivity index (χ1v) is 11.9. The summed E-state index contributed by atoms with van der Waals surface area (Å²) >= 11 is 0. The number of hydrogen-bond acceptors (Lipinski definition) is 4. The van der Waals surface area contributed by atoms with Crippen LogP contribution in [0.4, 0.5) is 4.39 Å². The number of likely N-dealkylation sites (tertiary alicyclic amines) is 1. The third-order valence-corrected chi connectivity index (χ3v) is 6.35. The molecule has 1 aromatic rings. The van der Waals surface area contributed by atoms with Gasteiger partial charge < -0.3 is 20.3 Å². The van der Waals surface area contributed by atoms with E-state index < -0.39 is 0 Å². The van der Waals surface area contributed by atoms with Gasteiger partial charge in [-0.25, -0.2) is 4.39 Å². The zero-order valence-electron chi connectivity index (χ0n) is 19.4. The molecule has 3 rings (SSSR count). The third-order valence-electron chi connectivity index (χ3n) is 6.35. The van der Waals surface area contributed by atoms with Gasteiger partial charge in [-0.1, -0.05) is 12.1 Å². The Hall–Kier alpha value is -1.70. The third kappa shape index (κ3) is 7.44. The highest BCUT2D eigenvalue weighted by molar-refractivity contribution is 5.79. The molecule has 0 radical (unpaired) electrons. The van der Waals surface area contributed by atoms with Gasteiger partial charge in [0, 0.05) is 38.8 Å². The van der Waals surface area contributed by atoms with Crippen molar-refractivity contribution in [3.8, 4) is 0 Å². The van der Waals surface area contributed by atoms with E-state index in [2.05, 4.69) is 41.2 Å². The Bertz CT molecular complexity index is 675. The van der Waals surface area contributed by atoms with Crippen LogP contribution in [-0.4, -0.2) is 80.8 Å². The molecule has 174 valence electrons. The minimum Gasteiger partial charge on any atom is -0.379 e.